The Hall–Kier alpha value is -3.06. The number of aliphatic hydroxyl groups is 2. The van der Waals surface area contributed by atoms with Gasteiger partial charge in [-0.1, -0.05) is 103 Å². The van der Waals surface area contributed by atoms with Gasteiger partial charge >= 0.3 is 0 Å². The van der Waals surface area contributed by atoms with Gasteiger partial charge in [0.05, 0.1) is 19.8 Å². The summed E-state index contributed by atoms with van der Waals surface area (Å²) < 4.78 is 17.7. The number of rotatable bonds is 10. The lowest BCUT2D eigenvalue weighted by Gasteiger charge is -2.53. The van der Waals surface area contributed by atoms with Crippen molar-refractivity contribution in [2.75, 3.05) is 19.8 Å². The molecule has 1 saturated heterocycles. The Morgan fingerprint density at radius 3 is 1.94 bits per heavy atom. The van der Waals surface area contributed by atoms with Crippen molar-refractivity contribution in [3.63, 3.8) is 0 Å². The van der Waals surface area contributed by atoms with Crippen LogP contribution in [0.4, 0.5) is 0 Å². The summed E-state index contributed by atoms with van der Waals surface area (Å²) in [7, 11) is 0. The van der Waals surface area contributed by atoms with Crippen LogP contribution in [0.1, 0.15) is 16.7 Å². The minimum atomic E-state index is -1.62. The fourth-order valence-electron chi connectivity index (χ4n) is 3.75. The van der Waals surface area contributed by atoms with Gasteiger partial charge in [-0.05, 0) is 28.8 Å². The Morgan fingerprint density at radius 2 is 1.36 bits per heavy atom. The van der Waals surface area contributed by atoms with Crippen LogP contribution >= 0.6 is 0 Å². The van der Waals surface area contributed by atoms with Crippen molar-refractivity contribution in [3.05, 3.63) is 120 Å². The molecule has 2 N–H and O–H groups in total. The molecule has 33 heavy (non-hydrogen) atoms. The highest BCUT2D eigenvalue weighted by molar-refractivity contribution is 5.55. The molecule has 170 valence electrons. The molecule has 0 saturated carbocycles. The molecular formula is C28H28O5. The van der Waals surface area contributed by atoms with Crippen molar-refractivity contribution < 1.29 is 24.4 Å². The number of benzene rings is 3. The zero-order valence-electron chi connectivity index (χ0n) is 18.3. The second-order valence-electron chi connectivity index (χ2n) is 7.75. The first-order valence-corrected chi connectivity index (χ1v) is 11.0. The quantitative estimate of drug-likeness (QED) is 0.454. The third-order valence-electron chi connectivity index (χ3n) is 5.46. The normalized spacial score (nSPS) is 22.3. The predicted octanol–water partition coefficient (Wildman–Crippen LogP) is 4.38. The summed E-state index contributed by atoms with van der Waals surface area (Å²) in [5, 5.41) is 21.1. The maximum Gasteiger partial charge on any atom is 0.230 e. The van der Waals surface area contributed by atoms with E-state index in [1.807, 2.05) is 103 Å². The molecular weight excluding hydrogens is 416 g/mol. The average molecular weight is 445 g/mol. The van der Waals surface area contributed by atoms with Gasteiger partial charge in [-0.25, -0.2) is 0 Å². The van der Waals surface area contributed by atoms with Crippen LogP contribution in [0, 0.1) is 0 Å². The largest absolute Gasteiger partial charge is 0.394 e. The molecule has 0 radical (unpaired) electrons. The van der Waals surface area contributed by atoms with E-state index in [-0.39, 0.29) is 19.8 Å². The summed E-state index contributed by atoms with van der Waals surface area (Å²) in [4.78, 5) is 0. The first-order valence-electron chi connectivity index (χ1n) is 11.0. The van der Waals surface area contributed by atoms with Crippen LogP contribution < -0.4 is 0 Å². The van der Waals surface area contributed by atoms with Gasteiger partial charge < -0.3 is 24.4 Å². The molecule has 0 aromatic heterocycles. The number of ether oxygens (including phenoxy) is 3. The van der Waals surface area contributed by atoms with E-state index < -0.39 is 17.7 Å². The molecule has 3 aromatic rings. The highest BCUT2D eigenvalue weighted by Gasteiger charge is 2.59. The second kappa shape index (κ2) is 10.7. The van der Waals surface area contributed by atoms with Crippen LogP contribution in [-0.4, -0.2) is 42.1 Å². The number of aliphatic hydroxyl groups excluding tert-OH is 1. The fourth-order valence-corrected chi connectivity index (χ4v) is 3.75. The molecule has 0 spiro atoms. The highest BCUT2D eigenvalue weighted by atomic mass is 16.9. The molecule has 1 heterocycles. The monoisotopic (exact) mass is 444 g/mol. The van der Waals surface area contributed by atoms with E-state index in [2.05, 4.69) is 0 Å². The van der Waals surface area contributed by atoms with E-state index in [0.29, 0.717) is 5.56 Å². The van der Waals surface area contributed by atoms with E-state index in [0.717, 1.165) is 11.1 Å². The summed E-state index contributed by atoms with van der Waals surface area (Å²) in [6.07, 6.45) is 6.50. The second-order valence-corrected chi connectivity index (χ2v) is 7.75. The third-order valence-corrected chi connectivity index (χ3v) is 5.46. The van der Waals surface area contributed by atoms with Crippen LogP contribution in [0.5, 0.6) is 0 Å². The Morgan fingerprint density at radius 1 is 0.818 bits per heavy atom. The maximum atomic E-state index is 12.1. The van der Waals surface area contributed by atoms with Crippen molar-refractivity contribution in [3.8, 4) is 0 Å². The summed E-state index contributed by atoms with van der Waals surface area (Å²) >= 11 is 0. The van der Waals surface area contributed by atoms with Crippen LogP contribution in [0.25, 0.3) is 12.2 Å². The highest BCUT2D eigenvalue weighted by Crippen LogP contribution is 2.47. The van der Waals surface area contributed by atoms with Gasteiger partial charge in [0.15, 0.2) is 11.9 Å². The Balaban J connectivity index is 1.71. The van der Waals surface area contributed by atoms with Gasteiger partial charge in [0, 0.05) is 0 Å². The first kappa shape index (κ1) is 23.1. The zero-order chi connectivity index (χ0) is 23.0. The molecule has 0 aliphatic carbocycles. The molecule has 0 amide bonds. The Bertz CT molecular complexity index is 1040. The lowest BCUT2D eigenvalue weighted by atomic mass is 9.82. The van der Waals surface area contributed by atoms with Crippen molar-refractivity contribution >= 4 is 12.2 Å². The molecule has 1 aliphatic heterocycles. The molecule has 1 atom stereocenters. The van der Waals surface area contributed by atoms with Crippen molar-refractivity contribution in [1.82, 2.24) is 0 Å². The molecule has 1 unspecified atom stereocenters. The van der Waals surface area contributed by atoms with Crippen LogP contribution in [0.2, 0.25) is 0 Å². The van der Waals surface area contributed by atoms with Crippen LogP contribution in [0.15, 0.2) is 103 Å². The third kappa shape index (κ3) is 5.30. The number of hydrogen-bond acceptors (Lipinski definition) is 5. The molecule has 5 heteroatoms. The molecule has 5 nitrogen and oxygen atoms in total. The Kier molecular flexibility index (Phi) is 7.50. The minimum Gasteiger partial charge on any atom is -0.394 e. The van der Waals surface area contributed by atoms with Crippen molar-refractivity contribution in [1.29, 1.82) is 0 Å². The van der Waals surface area contributed by atoms with E-state index in [4.69, 9.17) is 19.3 Å². The zero-order valence-corrected chi connectivity index (χ0v) is 18.3. The van der Waals surface area contributed by atoms with E-state index in [9.17, 15) is 5.11 Å². The Labute approximate surface area is 194 Å². The summed E-state index contributed by atoms with van der Waals surface area (Å²) in [6, 6.07) is 28.8. The summed E-state index contributed by atoms with van der Waals surface area (Å²) in [5.74, 6) is -1.47. The SMILES string of the molecule is OCCOCC1OC(/C=C/c2ccccc2)(C(O)(/C=C/c2ccccc2)c2ccccc2)O1. The van der Waals surface area contributed by atoms with Gasteiger partial charge in [-0.2, -0.15) is 0 Å². The smallest absolute Gasteiger partial charge is 0.230 e. The van der Waals surface area contributed by atoms with Gasteiger partial charge in [0.2, 0.25) is 5.79 Å². The summed E-state index contributed by atoms with van der Waals surface area (Å²) in [5.41, 5.74) is 0.899. The van der Waals surface area contributed by atoms with Crippen molar-refractivity contribution in [2.24, 2.45) is 0 Å². The van der Waals surface area contributed by atoms with Gasteiger partial charge in [-0.15, -0.1) is 0 Å². The van der Waals surface area contributed by atoms with Gasteiger partial charge in [0.1, 0.15) is 0 Å². The molecule has 1 aliphatic rings. The predicted molar refractivity (Wildman–Crippen MR) is 128 cm³/mol. The van der Waals surface area contributed by atoms with E-state index in [1.54, 1.807) is 12.2 Å². The van der Waals surface area contributed by atoms with Gasteiger partial charge in [-0.3, -0.25) is 0 Å². The van der Waals surface area contributed by atoms with Crippen molar-refractivity contribution in [2.45, 2.75) is 17.7 Å². The van der Waals surface area contributed by atoms with Crippen LogP contribution in [-0.2, 0) is 19.8 Å². The first-order chi connectivity index (χ1) is 16.2. The van der Waals surface area contributed by atoms with E-state index in [1.165, 1.54) is 0 Å². The molecule has 0 bridgehead atoms. The standard InChI is InChI=1S/C28H28O5/c29-20-21-31-22-26-32-28(33-26,19-17-24-12-6-2-7-13-24)27(30,25-14-8-3-9-15-25)18-16-23-10-4-1-5-11-23/h1-19,26,29-30H,20-22H2/b18-16+,19-17+. The topological polar surface area (TPSA) is 68.2 Å². The van der Waals surface area contributed by atoms with Gasteiger partial charge in [0.25, 0.3) is 0 Å². The van der Waals surface area contributed by atoms with Crippen LogP contribution in [0.3, 0.4) is 0 Å². The molecule has 3 aromatic carbocycles. The number of hydrogen-bond donors (Lipinski definition) is 2. The maximum absolute atomic E-state index is 12.1. The van der Waals surface area contributed by atoms with E-state index >= 15 is 0 Å². The minimum absolute atomic E-state index is 0.0838. The fraction of sp³-hybridized carbons (Fsp3) is 0.214. The summed E-state index contributed by atoms with van der Waals surface area (Å²) in [6.45, 7) is 0.251. The lowest BCUT2D eigenvalue weighted by molar-refractivity contribution is -0.473. The lowest BCUT2D eigenvalue weighted by Crippen LogP contribution is -2.65. The molecule has 4 rings (SSSR count). The average Bonchev–Trinajstić information content (AvgIpc) is 2.85. The molecule has 1 fully saturated rings.